The molecule has 0 saturated carbocycles. The lowest BCUT2D eigenvalue weighted by molar-refractivity contribution is -0.116. The van der Waals surface area contributed by atoms with Gasteiger partial charge in [-0.25, -0.2) is 9.40 Å². The highest BCUT2D eigenvalue weighted by atomic mass is 35.5. The number of fused-ring (bicyclic) bond motifs is 1. The fourth-order valence-corrected chi connectivity index (χ4v) is 4.00. The number of thioether (sulfide) groups is 1. The SMILES string of the molecule is CNc1ccc(C2=C3C=CC(Sc4ccc(F)cc4)=NN3CNC2=O)c(Cl)c1. The van der Waals surface area contributed by atoms with Gasteiger partial charge in [0.2, 0.25) is 0 Å². The predicted octanol–water partition coefficient (Wildman–Crippen LogP) is 4.30. The Labute approximate surface area is 170 Å². The third-order valence-electron chi connectivity index (χ3n) is 4.32. The van der Waals surface area contributed by atoms with E-state index in [-0.39, 0.29) is 18.4 Å². The monoisotopic (exact) mass is 414 g/mol. The second-order valence-electron chi connectivity index (χ2n) is 6.10. The summed E-state index contributed by atoms with van der Waals surface area (Å²) in [4.78, 5) is 13.4. The van der Waals surface area contributed by atoms with Crippen molar-refractivity contribution in [3.05, 3.63) is 76.7 Å². The molecule has 0 saturated heterocycles. The van der Waals surface area contributed by atoms with Crippen LogP contribution in [0.4, 0.5) is 10.1 Å². The molecule has 2 aromatic rings. The van der Waals surface area contributed by atoms with Gasteiger partial charge >= 0.3 is 0 Å². The van der Waals surface area contributed by atoms with Crippen molar-refractivity contribution in [1.29, 1.82) is 0 Å². The Morgan fingerprint density at radius 3 is 2.71 bits per heavy atom. The van der Waals surface area contributed by atoms with Crippen LogP contribution in [0.2, 0.25) is 5.02 Å². The van der Waals surface area contributed by atoms with Crippen LogP contribution in [0.5, 0.6) is 0 Å². The highest BCUT2D eigenvalue weighted by Crippen LogP contribution is 2.34. The smallest absolute Gasteiger partial charge is 0.255 e. The highest BCUT2D eigenvalue weighted by Gasteiger charge is 2.29. The molecule has 2 aliphatic heterocycles. The molecule has 1 amide bonds. The van der Waals surface area contributed by atoms with Gasteiger partial charge in [-0.1, -0.05) is 29.4 Å². The van der Waals surface area contributed by atoms with Crippen LogP contribution < -0.4 is 10.6 Å². The molecule has 0 bridgehead atoms. The number of benzene rings is 2. The fourth-order valence-electron chi connectivity index (χ4n) is 2.94. The van der Waals surface area contributed by atoms with Gasteiger partial charge in [-0.2, -0.15) is 5.10 Å². The lowest BCUT2D eigenvalue weighted by atomic mass is 10.00. The Balaban J connectivity index is 1.67. The molecule has 8 heteroatoms. The molecule has 0 fully saturated rings. The Morgan fingerprint density at radius 2 is 2.00 bits per heavy atom. The zero-order chi connectivity index (χ0) is 19.7. The van der Waals surface area contributed by atoms with Crippen molar-refractivity contribution in [2.24, 2.45) is 5.10 Å². The topological polar surface area (TPSA) is 56.7 Å². The van der Waals surface area contributed by atoms with Gasteiger partial charge in [-0.15, -0.1) is 0 Å². The van der Waals surface area contributed by atoms with Crippen LogP contribution in [0, 0.1) is 5.82 Å². The third kappa shape index (κ3) is 3.63. The number of anilines is 1. The summed E-state index contributed by atoms with van der Waals surface area (Å²) >= 11 is 7.84. The normalized spacial score (nSPS) is 15.9. The quantitative estimate of drug-likeness (QED) is 0.786. The number of halogens is 2. The molecule has 0 aromatic heterocycles. The molecule has 2 N–H and O–H groups in total. The minimum Gasteiger partial charge on any atom is -0.388 e. The zero-order valence-electron chi connectivity index (χ0n) is 14.9. The van der Waals surface area contributed by atoms with E-state index >= 15 is 0 Å². The van der Waals surface area contributed by atoms with Crippen molar-refractivity contribution in [1.82, 2.24) is 10.3 Å². The Bertz CT molecular complexity index is 1030. The Morgan fingerprint density at radius 1 is 1.21 bits per heavy atom. The molecule has 0 unspecified atom stereocenters. The minimum absolute atomic E-state index is 0.195. The Hall–Kier alpha value is -2.77. The van der Waals surface area contributed by atoms with E-state index in [4.69, 9.17) is 11.6 Å². The third-order valence-corrected chi connectivity index (χ3v) is 5.56. The molecular formula is C20H16ClFN4OS. The van der Waals surface area contributed by atoms with Gasteiger partial charge < -0.3 is 10.6 Å². The first-order valence-corrected chi connectivity index (χ1v) is 9.72. The summed E-state index contributed by atoms with van der Waals surface area (Å²) in [7, 11) is 1.81. The van der Waals surface area contributed by atoms with E-state index in [9.17, 15) is 9.18 Å². The van der Waals surface area contributed by atoms with Gasteiger partial charge in [0.1, 0.15) is 17.5 Å². The Kier molecular flexibility index (Phi) is 5.11. The van der Waals surface area contributed by atoms with E-state index in [1.807, 2.05) is 24.3 Å². The zero-order valence-corrected chi connectivity index (χ0v) is 16.4. The molecule has 142 valence electrons. The van der Waals surface area contributed by atoms with Crippen LogP contribution in [-0.4, -0.2) is 29.7 Å². The van der Waals surface area contributed by atoms with E-state index in [2.05, 4.69) is 15.7 Å². The molecule has 0 radical (unpaired) electrons. The van der Waals surface area contributed by atoms with Crippen LogP contribution in [0.25, 0.3) is 5.57 Å². The van der Waals surface area contributed by atoms with E-state index in [1.165, 1.54) is 23.9 Å². The number of rotatable bonds is 3. The molecular weight excluding hydrogens is 399 g/mol. The van der Waals surface area contributed by atoms with Crippen LogP contribution >= 0.6 is 23.4 Å². The standard InChI is InChI=1S/C20H16ClFN4OS/c1-23-13-4-7-15(16(21)10-13)19-17-8-9-18(25-26(17)11-24-20(19)27)28-14-5-2-12(22)3-6-14/h2-10,23H,11H2,1H3,(H,24,27). The first-order chi connectivity index (χ1) is 13.5. The van der Waals surface area contributed by atoms with Gasteiger partial charge in [0.25, 0.3) is 5.91 Å². The lowest BCUT2D eigenvalue weighted by Crippen LogP contribution is -2.41. The number of hydrogen-bond donors (Lipinski definition) is 2. The molecule has 2 aliphatic rings. The van der Waals surface area contributed by atoms with Crippen LogP contribution in [0.1, 0.15) is 5.56 Å². The van der Waals surface area contributed by atoms with Crippen molar-refractivity contribution < 1.29 is 9.18 Å². The summed E-state index contributed by atoms with van der Waals surface area (Å²) in [5.74, 6) is -0.472. The molecule has 5 nitrogen and oxygen atoms in total. The fraction of sp³-hybridized carbons (Fsp3) is 0.100. The highest BCUT2D eigenvalue weighted by molar-refractivity contribution is 8.14. The maximum absolute atomic E-state index is 13.1. The van der Waals surface area contributed by atoms with Crippen LogP contribution in [0.3, 0.4) is 0 Å². The summed E-state index contributed by atoms with van der Waals surface area (Å²) in [6.45, 7) is 0.266. The maximum atomic E-state index is 13.1. The number of carbonyl (C=O) groups is 1. The molecule has 0 aliphatic carbocycles. The van der Waals surface area contributed by atoms with Crippen molar-refractivity contribution in [3.8, 4) is 0 Å². The number of hydrogen-bond acceptors (Lipinski definition) is 5. The average Bonchev–Trinajstić information content (AvgIpc) is 2.70. The number of hydrazone groups is 1. The van der Waals surface area contributed by atoms with Gasteiger partial charge in [-0.05, 0) is 48.6 Å². The molecule has 2 heterocycles. The van der Waals surface area contributed by atoms with Crippen LogP contribution in [-0.2, 0) is 4.79 Å². The lowest BCUT2D eigenvalue weighted by Gasteiger charge is -2.31. The van der Waals surface area contributed by atoms with Gasteiger partial charge in [0.05, 0.1) is 16.3 Å². The number of nitrogens with one attached hydrogen (secondary N) is 2. The average molecular weight is 415 g/mol. The number of nitrogens with zero attached hydrogens (tertiary/aromatic N) is 2. The number of carbonyl (C=O) groups excluding carboxylic acids is 1. The minimum atomic E-state index is -0.278. The van der Waals surface area contributed by atoms with Crippen molar-refractivity contribution >= 4 is 45.6 Å². The maximum Gasteiger partial charge on any atom is 0.255 e. The van der Waals surface area contributed by atoms with E-state index in [0.29, 0.717) is 21.9 Å². The first-order valence-electron chi connectivity index (χ1n) is 8.53. The van der Waals surface area contributed by atoms with Gasteiger partial charge in [-0.3, -0.25) is 4.79 Å². The largest absolute Gasteiger partial charge is 0.388 e. The van der Waals surface area contributed by atoms with Gasteiger partial charge in [0.15, 0.2) is 0 Å². The van der Waals surface area contributed by atoms with Crippen molar-refractivity contribution in [2.45, 2.75) is 4.90 Å². The van der Waals surface area contributed by atoms with Crippen molar-refractivity contribution in [2.75, 3.05) is 19.0 Å². The summed E-state index contributed by atoms with van der Waals surface area (Å²) in [6, 6.07) is 11.7. The van der Waals surface area contributed by atoms with E-state index < -0.39 is 0 Å². The summed E-state index contributed by atoms with van der Waals surface area (Å²) in [5.41, 5.74) is 2.67. The second-order valence-corrected chi connectivity index (χ2v) is 7.60. The van der Waals surface area contributed by atoms with Crippen molar-refractivity contribution in [3.63, 3.8) is 0 Å². The van der Waals surface area contributed by atoms with Gasteiger partial charge in [0, 0.05) is 23.2 Å². The first kappa shape index (κ1) is 18.6. The number of allylic oxidation sites excluding steroid dienone is 1. The summed E-state index contributed by atoms with van der Waals surface area (Å²) < 4.78 is 13.1. The molecule has 2 aromatic carbocycles. The number of amides is 1. The molecule has 28 heavy (non-hydrogen) atoms. The van der Waals surface area contributed by atoms with E-state index in [0.717, 1.165) is 15.6 Å². The summed E-state index contributed by atoms with van der Waals surface area (Å²) in [5, 5.41) is 13.4. The van der Waals surface area contributed by atoms with Crippen LogP contribution in [0.15, 0.2) is 70.3 Å². The van der Waals surface area contributed by atoms with E-state index in [1.54, 1.807) is 30.3 Å². The second kappa shape index (κ2) is 7.69. The molecule has 0 atom stereocenters. The summed E-state index contributed by atoms with van der Waals surface area (Å²) in [6.07, 6.45) is 3.70. The molecule has 0 spiro atoms. The molecule has 4 rings (SSSR count). The predicted molar refractivity (Wildman–Crippen MR) is 112 cm³/mol.